The smallest absolute Gasteiger partial charge is 0.449 e. The zero-order valence-corrected chi connectivity index (χ0v) is 9.13. The maximum absolute atomic E-state index is 13.0. The van der Waals surface area contributed by atoms with Gasteiger partial charge in [0.05, 0.1) is 0 Å². The third-order valence-electron chi connectivity index (χ3n) is 2.49. The van der Waals surface area contributed by atoms with E-state index >= 15 is 0 Å². The minimum atomic E-state index is -4.70. The first-order valence-electron chi connectivity index (χ1n) is 4.89. The number of carbonyl (C=O) groups is 1. The molecule has 1 aromatic carbocycles. The topological polar surface area (TPSA) is 62.3 Å². The van der Waals surface area contributed by atoms with Gasteiger partial charge >= 0.3 is 12.3 Å². The molecular weight excluding hydrogens is 251 g/mol. The minimum Gasteiger partial charge on any atom is -0.449 e. The van der Waals surface area contributed by atoms with E-state index in [9.17, 15) is 18.0 Å². The van der Waals surface area contributed by atoms with Crippen LogP contribution in [0.5, 0.6) is 5.75 Å². The summed E-state index contributed by atoms with van der Waals surface area (Å²) >= 11 is 0. The van der Waals surface area contributed by atoms with Crippen molar-refractivity contribution in [1.29, 1.82) is 0 Å². The molecule has 0 unspecified atom stereocenters. The maximum atomic E-state index is 13.0. The fraction of sp³-hybridized carbons (Fsp3) is 0.182. The van der Waals surface area contributed by atoms with E-state index in [2.05, 4.69) is 9.72 Å². The number of hydrogen-bond donors (Lipinski definition) is 2. The Morgan fingerprint density at radius 1 is 1.44 bits per heavy atom. The SMILES string of the molecule is Cc1cc(OC(=O)O)c(C(F)(F)F)c2cc[nH]c12. The molecular formula is C11H8F3NO3. The van der Waals surface area contributed by atoms with Crippen molar-refractivity contribution in [2.45, 2.75) is 13.1 Å². The summed E-state index contributed by atoms with van der Waals surface area (Å²) in [6, 6.07) is 2.29. The fourth-order valence-corrected chi connectivity index (χ4v) is 1.84. The van der Waals surface area contributed by atoms with Gasteiger partial charge in [-0.25, -0.2) is 4.79 Å². The summed E-state index contributed by atoms with van der Waals surface area (Å²) in [5.41, 5.74) is -0.314. The first kappa shape index (κ1) is 12.3. The van der Waals surface area contributed by atoms with Gasteiger partial charge in [-0.1, -0.05) is 0 Å². The Kier molecular flexibility index (Phi) is 2.68. The molecule has 2 N–H and O–H groups in total. The average molecular weight is 259 g/mol. The molecule has 2 aromatic rings. The highest BCUT2D eigenvalue weighted by atomic mass is 19.4. The number of H-pyrrole nitrogens is 1. The molecule has 7 heteroatoms. The van der Waals surface area contributed by atoms with Crippen LogP contribution in [0.4, 0.5) is 18.0 Å². The number of hydrogen-bond acceptors (Lipinski definition) is 2. The van der Waals surface area contributed by atoms with Crippen molar-refractivity contribution in [3.05, 3.63) is 29.5 Å². The minimum absolute atomic E-state index is 0.112. The summed E-state index contributed by atoms with van der Waals surface area (Å²) in [7, 11) is 0. The van der Waals surface area contributed by atoms with E-state index in [1.165, 1.54) is 12.3 Å². The number of benzene rings is 1. The summed E-state index contributed by atoms with van der Waals surface area (Å²) in [6.45, 7) is 1.56. The number of alkyl halides is 3. The number of nitrogens with one attached hydrogen (secondary N) is 1. The normalized spacial score (nSPS) is 11.8. The molecule has 4 nitrogen and oxygen atoms in total. The van der Waals surface area contributed by atoms with Crippen LogP contribution < -0.4 is 4.74 Å². The predicted molar refractivity (Wildman–Crippen MR) is 56.7 cm³/mol. The first-order valence-corrected chi connectivity index (χ1v) is 4.89. The van der Waals surface area contributed by atoms with Crippen LogP contribution in [0.15, 0.2) is 18.3 Å². The van der Waals surface area contributed by atoms with Gasteiger partial charge in [-0.15, -0.1) is 0 Å². The molecule has 0 bridgehead atoms. The number of ether oxygens (including phenoxy) is 1. The second-order valence-electron chi connectivity index (χ2n) is 3.70. The third-order valence-corrected chi connectivity index (χ3v) is 2.49. The summed E-state index contributed by atoms with van der Waals surface area (Å²) in [4.78, 5) is 13.1. The van der Waals surface area contributed by atoms with Gasteiger partial charge in [-0.05, 0) is 24.6 Å². The van der Waals surface area contributed by atoms with Gasteiger partial charge in [-0.3, -0.25) is 0 Å². The highest BCUT2D eigenvalue weighted by molar-refractivity contribution is 5.89. The molecule has 0 saturated heterocycles. The molecule has 1 aromatic heterocycles. The van der Waals surface area contributed by atoms with Crippen molar-refractivity contribution in [1.82, 2.24) is 4.98 Å². The Hall–Kier alpha value is -2.18. The van der Waals surface area contributed by atoms with Crippen molar-refractivity contribution >= 4 is 17.1 Å². The summed E-state index contributed by atoms with van der Waals surface area (Å²) < 4.78 is 43.1. The van der Waals surface area contributed by atoms with Gasteiger partial charge < -0.3 is 14.8 Å². The molecule has 2 rings (SSSR count). The average Bonchev–Trinajstić information content (AvgIpc) is 2.62. The van der Waals surface area contributed by atoms with Gasteiger partial charge in [0.1, 0.15) is 11.3 Å². The van der Waals surface area contributed by atoms with Crippen LogP contribution in [-0.4, -0.2) is 16.2 Å². The number of rotatable bonds is 1. The molecule has 1 heterocycles. The summed E-state index contributed by atoms with van der Waals surface area (Å²) in [6.07, 6.45) is -5.12. The zero-order chi connectivity index (χ0) is 13.5. The van der Waals surface area contributed by atoms with E-state index in [4.69, 9.17) is 5.11 Å². The van der Waals surface area contributed by atoms with E-state index in [1.807, 2.05) is 0 Å². The largest absolute Gasteiger partial charge is 0.511 e. The molecule has 96 valence electrons. The molecule has 0 amide bonds. The molecule has 0 saturated carbocycles. The van der Waals surface area contributed by atoms with E-state index in [-0.39, 0.29) is 5.39 Å². The van der Waals surface area contributed by atoms with Crippen LogP contribution in [0.25, 0.3) is 10.9 Å². The van der Waals surface area contributed by atoms with Gasteiger partial charge in [0, 0.05) is 17.1 Å². The highest BCUT2D eigenvalue weighted by Gasteiger charge is 2.37. The van der Waals surface area contributed by atoms with Gasteiger partial charge in [0.25, 0.3) is 0 Å². The number of aryl methyl sites for hydroxylation is 1. The van der Waals surface area contributed by atoms with E-state index in [0.717, 1.165) is 6.07 Å². The molecule has 0 aliphatic rings. The number of halogens is 3. The second kappa shape index (κ2) is 3.94. The lowest BCUT2D eigenvalue weighted by Gasteiger charge is -2.14. The number of carboxylic acid groups (broad SMARTS) is 1. The second-order valence-corrected chi connectivity index (χ2v) is 3.70. The Morgan fingerprint density at radius 3 is 2.67 bits per heavy atom. The van der Waals surface area contributed by atoms with Crippen molar-refractivity contribution < 1.29 is 27.8 Å². The fourth-order valence-electron chi connectivity index (χ4n) is 1.84. The van der Waals surface area contributed by atoms with Gasteiger partial charge in [0.15, 0.2) is 0 Å². The zero-order valence-electron chi connectivity index (χ0n) is 9.13. The Morgan fingerprint density at radius 2 is 2.11 bits per heavy atom. The van der Waals surface area contributed by atoms with Crippen LogP contribution in [-0.2, 0) is 6.18 Å². The molecule has 0 spiro atoms. The lowest BCUT2D eigenvalue weighted by Crippen LogP contribution is -2.12. The maximum Gasteiger partial charge on any atom is 0.511 e. The molecule has 0 aliphatic carbocycles. The van der Waals surface area contributed by atoms with Crippen molar-refractivity contribution in [2.24, 2.45) is 0 Å². The lowest BCUT2D eigenvalue weighted by molar-refractivity contribution is -0.137. The van der Waals surface area contributed by atoms with Crippen molar-refractivity contribution in [2.75, 3.05) is 0 Å². The van der Waals surface area contributed by atoms with E-state index < -0.39 is 23.6 Å². The Bertz CT molecular complexity index is 616. The number of aromatic nitrogens is 1. The Balaban J connectivity index is 2.79. The lowest BCUT2D eigenvalue weighted by atomic mass is 10.0. The third kappa shape index (κ3) is 1.99. The van der Waals surface area contributed by atoms with E-state index in [1.54, 1.807) is 6.92 Å². The standard InChI is InChI=1S/C11H8F3NO3/c1-5-4-7(18-10(16)17)8(11(12,13)14)6-2-3-15-9(5)6/h2-4,15H,1H3,(H,16,17). The number of fused-ring (bicyclic) bond motifs is 1. The summed E-state index contributed by atoms with van der Waals surface area (Å²) in [5.74, 6) is -0.709. The molecule has 0 fully saturated rings. The van der Waals surface area contributed by atoms with Crippen molar-refractivity contribution in [3.8, 4) is 5.75 Å². The number of aromatic amines is 1. The predicted octanol–water partition coefficient (Wildman–Crippen LogP) is 3.55. The summed E-state index contributed by atoms with van der Waals surface area (Å²) in [5, 5.41) is 8.36. The first-order chi connectivity index (χ1) is 8.30. The van der Waals surface area contributed by atoms with Crippen LogP contribution in [0.3, 0.4) is 0 Å². The Labute approximate surface area is 99.0 Å². The van der Waals surface area contributed by atoms with Gasteiger partial charge in [0.2, 0.25) is 0 Å². The molecule has 0 radical (unpaired) electrons. The van der Waals surface area contributed by atoms with Crippen molar-refractivity contribution in [3.63, 3.8) is 0 Å². The van der Waals surface area contributed by atoms with Gasteiger partial charge in [-0.2, -0.15) is 13.2 Å². The van der Waals surface area contributed by atoms with Crippen LogP contribution in [0.2, 0.25) is 0 Å². The molecule has 18 heavy (non-hydrogen) atoms. The molecule has 0 aliphatic heterocycles. The highest BCUT2D eigenvalue weighted by Crippen LogP contribution is 2.42. The quantitative estimate of drug-likeness (QED) is 0.608. The monoisotopic (exact) mass is 259 g/mol. The van der Waals surface area contributed by atoms with Crippen LogP contribution in [0, 0.1) is 6.92 Å². The van der Waals surface area contributed by atoms with E-state index in [0.29, 0.717) is 11.1 Å². The van der Waals surface area contributed by atoms with Crippen LogP contribution >= 0.6 is 0 Å². The van der Waals surface area contributed by atoms with Crippen LogP contribution in [0.1, 0.15) is 11.1 Å². The molecule has 0 atom stereocenters.